The molecule has 0 N–H and O–H groups in total. The molecule has 1 fully saturated rings. The second-order valence-corrected chi connectivity index (χ2v) is 9.62. The van der Waals surface area contributed by atoms with Crippen LogP contribution < -0.4 is 4.74 Å². The largest absolute Gasteiger partial charge is 0.493 e. The van der Waals surface area contributed by atoms with Gasteiger partial charge in [-0.3, -0.25) is 0 Å². The van der Waals surface area contributed by atoms with Gasteiger partial charge < -0.3 is 9.15 Å². The van der Waals surface area contributed by atoms with Gasteiger partial charge in [-0.25, -0.2) is 0 Å². The van der Waals surface area contributed by atoms with Crippen molar-refractivity contribution in [2.75, 3.05) is 6.61 Å². The van der Waals surface area contributed by atoms with E-state index in [2.05, 4.69) is 64.1 Å². The van der Waals surface area contributed by atoms with Crippen LogP contribution in [0, 0.1) is 19.8 Å². The molecule has 1 aromatic carbocycles. The highest BCUT2D eigenvalue weighted by molar-refractivity contribution is 5.85. The molecule has 33 heavy (non-hydrogen) atoms. The molecule has 1 aliphatic rings. The van der Waals surface area contributed by atoms with Crippen LogP contribution in [0.25, 0.3) is 11.1 Å². The molecular weight excluding hydrogens is 404 g/mol. The summed E-state index contributed by atoms with van der Waals surface area (Å²) < 4.78 is 12.3. The van der Waals surface area contributed by atoms with E-state index in [1.54, 1.807) is 0 Å². The van der Waals surface area contributed by atoms with E-state index in [9.17, 15) is 0 Å². The van der Waals surface area contributed by atoms with Crippen LogP contribution in [0.3, 0.4) is 0 Å². The summed E-state index contributed by atoms with van der Waals surface area (Å²) in [6, 6.07) is 8.85. The molecule has 0 amide bonds. The standard InChI is InChI=1S/C31H44O2/c1-6-9-11-12-13-19-32-31-20-23(4)28(21-25(31)8-3)29(26-16-17-26)22-27(14-10-7-2)30-18-15-24(5)33-30/h14-15,18,20-22,26H,6-13,16-17,19H2,1-5H3/b27-14-,29-22-. The van der Waals surface area contributed by atoms with Gasteiger partial charge in [0.25, 0.3) is 0 Å². The van der Waals surface area contributed by atoms with Gasteiger partial charge in [0, 0.05) is 5.57 Å². The van der Waals surface area contributed by atoms with Gasteiger partial charge in [0.1, 0.15) is 17.3 Å². The lowest BCUT2D eigenvalue weighted by Crippen LogP contribution is -2.03. The highest BCUT2D eigenvalue weighted by Crippen LogP contribution is 2.45. The maximum atomic E-state index is 6.26. The molecule has 1 saturated carbocycles. The van der Waals surface area contributed by atoms with Gasteiger partial charge in [-0.2, -0.15) is 0 Å². The maximum Gasteiger partial charge on any atom is 0.133 e. The number of unbranched alkanes of at least 4 members (excludes halogenated alkanes) is 5. The van der Waals surface area contributed by atoms with E-state index < -0.39 is 0 Å². The minimum absolute atomic E-state index is 0.653. The first-order valence-electron chi connectivity index (χ1n) is 13.3. The second-order valence-electron chi connectivity index (χ2n) is 9.62. The lowest BCUT2D eigenvalue weighted by atomic mass is 9.91. The monoisotopic (exact) mass is 448 g/mol. The molecule has 3 rings (SSSR count). The van der Waals surface area contributed by atoms with Crippen LogP contribution in [0.15, 0.2) is 40.8 Å². The molecule has 1 heterocycles. The summed E-state index contributed by atoms with van der Waals surface area (Å²) in [5.74, 6) is 3.68. The van der Waals surface area contributed by atoms with Crippen molar-refractivity contribution in [2.45, 2.75) is 98.8 Å². The number of allylic oxidation sites excluding steroid dienone is 4. The molecule has 0 spiro atoms. The van der Waals surface area contributed by atoms with E-state index in [0.717, 1.165) is 49.6 Å². The zero-order chi connectivity index (χ0) is 23.6. The number of hydrogen-bond donors (Lipinski definition) is 0. The molecule has 180 valence electrons. The Morgan fingerprint density at radius 2 is 1.79 bits per heavy atom. The van der Waals surface area contributed by atoms with E-state index in [1.165, 1.54) is 66.4 Å². The van der Waals surface area contributed by atoms with Crippen LogP contribution >= 0.6 is 0 Å². The molecule has 2 heteroatoms. The summed E-state index contributed by atoms with van der Waals surface area (Å²) in [7, 11) is 0. The first-order valence-corrected chi connectivity index (χ1v) is 13.3. The zero-order valence-corrected chi connectivity index (χ0v) is 21.6. The number of furan rings is 1. The van der Waals surface area contributed by atoms with Gasteiger partial charge >= 0.3 is 0 Å². The van der Waals surface area contributed by atoms with Crippen LogP contribution in [0.2, 0.25) is 0 Å². The van der Waals surface area contributed by atoms with E-state index in [1.807, 2.05) is 6.92 Å². The van der Waals surface area contributed by atoms with Crippen molar-refractivity contribution in [3.05, 3.63) is 64.6 Å². The molecule has 0 saturated heterocycles. The second kappa shape index (κ2) is 12.9. The number of rotatable bonds is 14. The van der Waals surface area contributed by atoms with Crippen molar-refractivity contribution in [3.8, 4) is 5.75 Å². The summed E-state index contributed by atoms with van der Waals surface area (Å²) in [4.78, 5) is 0. The quantitative estimate of drug-likeness (QED) is 0.212. The van der Waals surface area contributed by atoms with E-state index in [4.69, 9.17) is 9.15 Å². The van der Waals surface area contributed by atoms with Crippen molar-refractivity contribution in [2.24, 2.45) is 5.92 Å². The minimum atomic E-state index is 0.653. The molecule has 2 nitrogen and oxygen atoms in total. The Balaban J connectivity index is 1.86. The first-order chi connectivity index (χ1) is 16.1. The van der Waals surface area contributed by atoms with Crippen molar-refractivity contribution in [1.29, 1.82) is 0 Å². The van der Waals surface area contributed by atoms with Crippen LogP contribution in [-0.2, 0) is 6.42 Å². The predicted molar refractivity (Wildman–Crippen MR) is 142 cm³/mol. The maximum absolute atomic E-state index is 6.26. The first kappa shape index (κ1) is 25.4. The molecule has 0 radical (unpaired) electrons. The highest BCUT2D eigenvalue weighted by atomic mass is 16.5. The third-order valence-electron chi connectivity index (χ3n) is 6.61. The Bertz CT molecular complexity index is 940. The van der Waals surface area contributed by atoms with Gasteiger partial charge in [-0.1, -0.05) is 59.0 Å². The zero-order valence-electron chi connectivity index (χ0n) is 21.6. The predicted octanol–water partition coefficient (Wildman–Crippen LogP) is 9.49. The Hall–Kier alpha value is -2.22. The van der Waals surface area contributed by atoms with Crippen LogP contribution in [-0.4, -0.2) is 6.61 Å². The van der Waals surface area contributed by atoms with Crippen LogP contribution in [0.5, 0.6) is 5.75 Å². The van der Waals surface area contributed by atoms with Crippen molar-refractivity contribution < 1.29 is 9.15 Å². The summed E-state index contributed by atoms with van der Waals surface area (Å²) >= 11 is 0. The third-order valence-corrected chi connectivity index (χ3v) is 6.61. The molecule has 0 aliphatic heterocycles. The molecule has 1 aromatic heterocycles. The number of hydrogen-bond acceptors (Lipinski definition) is 2. The Morgan fingerprint density at radius 1 is 1.00 bits per heavy atom. The Morgan fingerprint density at radius 3 is 2.42 bits per heavy atom. The average molecular weight is 449 g/mol. The summed E-state index contributed by atoms with van der Waals surface area (Å²) in [5.41, 5.74) is 6.71. The van der Waals surface area contributed by atoms with Crippen LogP contribution in [0.1, 0.15) is 107 Å². The van der Waals surface area contributed by atoms with Gasteiger partial charge in [0.2, 0.25) is 0 Å². The summed E-state index contributed by atoms with van der Waals surface area (Å²) in [6.07, 6.45) is 16.8. The van der Waals surface area contributed by atoms with Crippen molar-refractivity contribution in [3.63, 3.8) is 0 Å². The van der Waals surface area contributed by atoms with Crippen molar-refractivity contribution in [1.82, 2.24) is 0 Å². The molecule has 0 atom stereocenters. The van der Waals surface area contributed by atoms with Gasteiger partial charge in [0.05, 0.1) is 6.61 Å². The number of aryl methyl sites for hydroxylation is 3. The van der Waals surface area contributed by atoms with Gasteiger partial charge in [0.15, 0.2) is 0 Å². The smallest absolute Gasteiger partial charge is 0.133 e. The highest BCUT2D eigenvalue weighted by Gasteiger charge is 2.29. The molecule has 1 aliphatic carbocycles. The SMILES string of the molecule is CCC/C=C(/C=C(\c1cc(CC)c(OCCCCCCC)cc1C)C1CC1)c1ccc(C)o1. The lowest BCUT2D eigenvalue weighted by molar-refractivity contribution is 0.301. The van der Waals surface area contributed by atoms with Crippen molar-refractivity contribution >= 4 is 11.1 Å². The fourth-order valence-electron chi connectivity index (χ4n) is 4.43. The summed E-state index contributed by atoms with van der Waals surface area (Å²) in [6.45, 7) is 11.8. The minimum Gasteiger partial charge on any atom is -0.493 e. The number of benzene rings is 1. The molecule has 2 aromatic rings. The van der Waals surface area contributed by atoms with E-state index in [-0.39, 0.29) is 0 Å². The number of ether oxygens (including phenoxy) is 1. The van der Waals surface area contributed by atoms with E-state index >= 15 is 0 Å². The lowest BCUT2D eigenvalue weighted by Gasteiger charge is -2.17. The fraction of sp³-hybridized carbons (Fsp3) is 0.548. The molecular formula is C31H44O2. The van der Waals surface area contributed by atoms with Crippen LogP contribution in [0.4, 0.5) is 0 Å². The van der Waals surface area contributed by atoms with Gasteiger partial charge in [-0.05, 0) is 104 Å². The summed E-state index contributed by atoms with van der Waals surface area (Å²) in [5, 5.41) is 0. The molecule has 0 unspecified atom stereocenters. The van der Waals surface area contributed by atoms with E-state index in [0.29, 0.717) is 5.92 Å². The molecule has 0 bridgehead atoms. The third kappa shape index (κ3) is 7.39. The normalized spacial score (nSPS) is 14.7. The Kier molecular flexibility index (Phi) is 9.91. The Labute approximate surface area is 202 Å². The van der Waals surface area contributed by atoms with Gasteiger partial charge in [-0.15, -0.1) is 0 Å². The fourth-order valence-corrected chi connectivity index (χ4v) is 4.43. The topological polar surface area (TPSA) is 22.4 Å². The average Bonchev–Trinajstić information content (AvgIpc) is 3.56.